The number of nitrogens with one attached hydrogen (secondary N) is 1. The fourth-order valence-corrected chi connectivity index (χ4v) is 1.80. The van der Waals surface area contributed by atoms with E-state index in [1.165, 1.54) is 4.90 Å². The van der Waals surface area contributed by atoms with E-state index in [1.807, 2.05) is 0 Å². The first-order valence-electron chi connectivity index (χ1n) is 5.16. The third kappa shape index (κ3) is 4.19. The Morgan fingerprint density at radius 1 is 1.50 bits per heavy atom. The molecular formula is C11H12BrClN2O3. The highest BCUT2D eigenvalue weighted by atomic mass is 79.9. The molecule has 0 atom stereocenters. The number of rotatable bonds is 4. The van der Waals surface area contributed by atoms with Crippen molar-refractivity contribution >= 4 is 45.2 Å². The summed E-state index contributed by atoms with van der Waals surface area (Å²) in [5.74, 6) is -1.06. The number of benzene rings is 1. The smallest absolute Gasteiger partial charge is 0.323 e. The number of nitrogens with zero attached hydrogens (tertiary/aromatic N) is 1. The number of hydrogen-bond donors (Lipinski definition) is 2. The van der Waals surface area contributed by atoms with Gasteiger partial charge in [-0.3, -0.25) is 4.79 Å². The minimum absolute atomic E-state index is 0.302. The molecule has 0 heterocycles. The van der Waals surface area contributed by atoms with Gasteiger partial charge in [-0.25, -0.2) is 4.79 Å². The molecule has 0 aliphatic rings. The summed E-state index contributed by atoms with van der Waals surface area (Å²) < 4.78 is 0.673. The fraction of sp³-hybridized carbons (Fsp3) is 0.273. The van der Waals surface area contributed by atoms with Crippen LogP contribution in [0.15, 0.2) is 22.7 Å². The Bertz CT molecular complexity index is 468. The van der Waals surface area contributed by atoms with Crippen LogP contribution < -0.4 is 5.32 Å². The minimum atomic E-state index is -1.06. The van der Waals surface area contributed by atoms with Crippen LogP contribution >= 0.6 is 27.5 Å². The number of carbonyl (C=O) groups is 2. The lowest BCUT2D eigenvalue weighted by molar-refractivity contribution is -0.137. The predicted molar refractivity (Wildman–Crippen MR) is 73.1 cm³/mol. The van der Waals surface area contributed by atoms with Crippen LogP contribution in [0.1, 0.15) is 6.92 Å². The molecule has 7 heteroatoms. The van der Waals surface area contributed by atoms with Crippen LogP contribution in [0.3, 0.4) is 0 Å². The summed E-state index contributed by atoms with van der Waals surface area (Å²) in [4.78, 5) is 23.6. The molecule has 0 saturated carbocycles. The van der Waals surface area contributed by atoms with Crippen molar-refractivity contribution < 1.29 is 14.7 Å². The van der Waals surface area contributed by atoms with Crippen molar-refractivity contribution in [3.63, 3.8) is 0 Å². The van der Waals surface area contributed by atoms with Crippen LogP contribution in [0.4, 0.5) is 10.5 Å². The Morgan fingerprint density at radius 3 is 2.72 bits per heavy atom. The topological polar surface area (TPSA) is 69.6 Å². The number of carboxylic acids is 1. The maximum atomic E-state index is 11.8. The number of urea groups is 1. The van der Waals surface area contributed by atoms with Crippen molar-refractivity contribution in [2.45, 2.75) is 6.92 Å². The highest BCUT2D eigenvalue weighted by Gasteiger charge is 2.15. The molecule has 0 unspecified atom stereocenters. The van der Waals surface area contributed by atoms with Gasteiger partial charge in [-0.1, -0.05) is 11.6 Å². The molecule has 0 aliphatic heterocycles. The number of halogens is 2. The summed E-state index contributed by atoms with van der Waals surface area (Å²) in [6.45, 7) is 1.66. The molecule has 1 rings (SSSR count). The van der Waals surface area contributed by atoms with Crippen LogP contribution in [0, 0.1) is 0 Å². The van der Waals surface area contributed by atoms with Gasteiger partial charge in [-0.15, -0.1) is 0 Å². The summed E-state index contributed by atoms with van der Waals surface area (Å²) in [7, 11) is 0. The van der Waals surface area contributed by atoms with Crippen molar-refractivity contribution in [3.8, 4) is 0 Å². The Balaban J connectivity index is 2.79. The number of amides is 2. The number of anilines is 1. The minimum Gasteiger partial charge on any atom is -0.480 e. The summed E-state index contributed by atoms with van der Waals surface area (Å²) in [5.41, 5.74) is 0.497. The number of carboxylic acid groups (broad SMARTS) is 1. The molecule has 98 valence electrons. The zero-order chi connectivity index (χ0) is 13.7. The molecule has 2 N–H and O–H groups in total. The van der Waals surface area contributed by atoms with E-state index in [0.29, 0.717) is 21.7 Å². The second kappa shape index (κ2) is 6.61. The van der Waals surface area contributed by atoms with Gasteiger partial charge in [0.1, 0.15) is 6.54 Å². The average molecular weight is 336 g/mol. The molecule has 5 nitrogen and oxygen atoms in total. The average Bonchev–Trinajstić information content (AvgIpc) is 2.30. The summed E-state index contributed by atoms with van der Waals surface area (Å²) in [6, 6.07) is 4.47. The molecule has 1 aromatic carbocycles. The molecule has 0 bridgehead atoms. The normalized spacial score (nSPS) is 9.94. The Labute approximate surface area is 118 Å². The summed E-state index contributed by atoms with van der Waals surface area (Å²) in [5, 5.41) is 11.8. The Kier molecular flexibility index (Phi) is 5.43. The van der Waals surface area contributed by atoms with Crippen LogP contribution in [0.5, 0.6) is 0 Å². The first-order chi connectivity index (χ1) is 8.43. The number of likely N-dealkylation sites (N-methyl/N-ethyl adjacent to an activating group) is 1. The number of hydrogen-bond acceptors (Lipinski definition) is 2. The third-order valence-corrected chi connectivity index (χ3v) is 3.09. The van der Waals surface area contributed by atoms with E-state index in [0.717, 1.165) is 0 Å². The van der Waals surface area contributed by atoms with E-state index >= 15 is 0 Å². The van der Waals surface area contributed by atoms with E-state index < -0.39 is 12.0 Å². The summed E-state index contributed by atoms with van der Waals surface area (Å²) >= 11 is 9.09. The maximum absolute atomic E-state index is 11.8. The molecule has 2 amide bonds. The van der Waals surface area contributed by atoms with Crippen LogP contribution in [0.25, 0.3) is 0 Å². The van der Waals surface area contributed by atoms with Gasteiger partial charge in [0.2, 0.25) is 0 Å². The second-order valence-corrected chi connectivity index (χ2v) is 4.75. The third-order valence-electron chi connectivity index (χ3n) is 2.17. The number of carbonyl (C=O) groups excluding carboxylic acids is 1. The first-order valence-corrected chi connectivity index (χ1v) is 6.34. The molecule has 1 aromatic rings. The molecule has 0 saturated heterocycles. The Hall–Kier alpha value is -1.27. The van der Waals surface area contributed by atoms with Gasteiger partial charge in [-0.2, -0.15) is 0 Å². The van der Waals surface area contributed by atoms with Crippen molar-refractivity contribution in [2.75, 3.05) is 18.4 Å². The van der Waals surface area contributed by atoms with Crippen molar-refractivity contribution in [2.24, 2.45) is 0 Å². The zero-order valence-corrected chi connectivity index (χ0v) is 12.0. The second-order valence-electron chi connectivity index (χ2n) is 3.46. The Morgan fingerprint density at radius 2 is 2.17 bits per heavy atom. The molecule has 0 aliphatic carbocycles. The quantitative estimate of drug-likeness (QED) is 0.888. The largest absolute Gasteiger partial charge is 0.480 e. The lowest BCUT2D eigenvalue weighted by Crippen LogP contribution is -2.38. The van der Waals surface area contributed by atoms with Gasteiger partial charge in [0, 0.05) is 16.0 Å². The van der Waals surface area contributed by atoms with Gasteiger partial charge in [0.25, 0.3) is 0 Å². The van der Waals surface area contributed by atoms with E-state index in [1.54, 1.807) is 25.1 Å². The standard InChI is InChI=1S/C11H12BrClN2O3/c1-2-15(6-10(16)17)11(18)14-9-5-7(13)3-4-8(9)12/h3-5H,2,6H2,1H3,(H,14,18)(H,16,17). The van der Waals surface area contributed by atoms with Crippen LogP contribution in [-0.2, 0) is 4.79 Å². The zero-order valence-electron chi connectivity index (χ0n) is 9.61. The molecule has 0 aromatic heterocycles. The monoisotopic (exact) mass is 334 g/mol. The molecule has 18 heavy (non-hydrogen) atoms. The van der Waals surface area contributed by atoms with Crippen molar-refractivity contribution in [1.82, 2.24) is 4.90 Å². The van der Waals surface area contributed by atoms with Gasteiger partial charge >= 0.3 is 12.0 Å². The van der Waals surface area contributed by atoms with E-state index in [2.05, 4.69) is 21.2 Å². The van der Waals surface area contributed by atoms with Gasteiger partial charge in [0.15, 0.2) is 0 Å². The molecular weight excluding hydrogens is 323 g/mol. The lowest BCUT2D eigenvalue weighted by Gasteiger charge is -2.19. The predicted octanol–water partition coefficient (Wildman–Crippen LogP) is 3.04. The fourth-order valence-electron chi connectivity index (χ4n) is 1.28. The highest BCUT2D eigenvalue weighted by molar-refractivity contribution is 9.10. The number of aliphatic carboxylic acids is 1. The van der Waals surface area contributed by atoms with Crippen LogP contribution in [-0.4, -0.2) is 35.1 Å². The highest BCUT2D eigenvalue weighted by Crippen LogP contribution is 2.26. The first kappa shape index (κ1) is 14.8. The van der Waals surface area contributed by atoms with Crippen molar-refractivity contribution in [3.05, 3.63) is 27.7 Å². The molecule has 0 spiro atoms. The summed E-state index contributed by atoms with van der Waals surface area (Å²) in [6.07, 6.45) is 0. The van der Waals surface area contributed by atoms with Gasteiger partial charge in [-0.05, 0) is 41.1 Å². The lowest BCUT2D eigenvalue weighted by atomic mass is 10.3. The van der Waals surface area contributed by atoms with E-state index in [4.69, 9.17) is 16.7 Å². The van der Waals surface area contributed by atoms with Gasteiger partial charge in [0.05, 0.1) is 5.69 Å². The van der Waals surface area contributed by atoms with Gasteiger partial charge < -0.3 is 15.3 Å². The molecule has 0 fully saturated rings. The maximum Gasteiger partial charge on any atom is 0.323 e. The van der Waals surface area contributed by atoms with E-state index in [-0.39, 0.29) is 6.54 Å². The molecule has 0 radical (unpaired) electrons. The van der Waals surface area contributed by atoms with Crippen molar-refractivity contribution in [1.29, 1.82) is 0 Å². The van der Waals surface area contributed by atoms with E-state index in [9.17, 15) is 9.59 Å². The SMILES string of the molecule is CCN(CC(=O)O)C(=O)Nc1cc(Cl)ccc1Br. The van der Waals surface area contributed by atoms with Crippen LogP contribution in [0.2, 0.25) is 5.02 Å².